The van der Waals surface area contributed by atoms with Gasteiger partial charge < -0.3 is 10.1 Å². The zero-order chi connectivity index (χ0) is 23.8. The monoisotopic (exact) mass is 442 g/mol. The maximum Gasteiger partial charge on any atom is 0.339 e. The van der Waals surface area contributed by atoms with E-state index in [9.17, 15) is 9.59 Å². The number of nitrogens with one attached hydrogen (secondary N) is 3. The van der Waals surface area contributed by atoms with Crippen LogP contribution in [-0.2, 0) is 6.42 Å². The molecule has 0 unspecified atom stereocenters. The van der Waals surface area contributed by atoms with Crippen LogP contribution in [0.1, 0.15) is 23.6 Å². The van der Waals surface area contributed by atoms with Gasteiger partial charge in [-0.05, 0) is 55.2 Å². The molecule has 0 saturated carbocycles. The summed E-state index contributed by atoms with van der Waals surface area (Å²) in [5.74, 6) is 0.456. The van der Waals surface area contributed by atoms with E-state index in [1.54, 1.807) is 49.2 Å². The number of nitrogens with zero attached hydrogens (tertiary/aromatic N) is 3. The van der Waals surface area contributed by atoms with E-state index in [0.717, 1.165) is 28.8 Å². The van der Waals surface area contributed by atoms with Crippen LogP contribution in [0.3, 0.4) is 0 Å². The lowest BCUT2D eigenvalue weighted by Gasteiger charge is -2.27. The summed E-state index contributed by atoms with van der Waals surface area (Å²) in [6, 6.07) is 10.8. The molecule has 0 aromatic heterocycles. The number of carbonyl (C=O) groups is 2. The Hall–Kier alpha value is -3.30. The number of aryl methyl sites for hydroxylation is 3. The van der Waals surface area contributed by atoms with Gasteiger partial charge in [-0.2, -0.15) is 0 Å². The summed E-state index contributed by atoms with van der Waals surface area (Å²) in [5, 5.41) is 5.92. The highest BCUT2D eigenvalue weighted by molar-refractivity contribution is 5.93. The van der Waals surface area contributed by atoms with Crippen molar-refractivity contribution in [2.45, 2.75) is 27.2 Å². The molecule has 0 saturated heterocycles. The first-order valence-electron chi connectivity index (χ1n) is 10.4. The molecule has 0 radical (unpaired) electrons. The number of hydrazine groups is 2. The van der Waals surface area contributed by atoms with E-state index in [4.69, 9.17) is 4.74 Å². The minimum atomic E-state index is -0.389. The van der Waals surface area contributed by atoms with E-state index in [1.807, 2.05) is 51.1 Å². The van der Waals surface area contributed by atoms with Crippen LogP contribution in [0.4, 0.5) is 21.0 Å². The number of urea groups is 2. The standard InChI is InChI=1S/C23H34N6O3/c1-8-18-11-9-17(3)14-20(18)29(23(31)26-28(6)7)15-32-21-12-10-16(2)13-19(21)24-22(30)25-27(4)5/h9-14H,8,15H2,1-7H3,(H,26,31)(H2,24,25,30). The van der Waals surface area contributed by atoms with Gasteiger partial charge in [0, 0.05) is 28.2 Å². The van der Waals surface area contributed by atoms with E-state index in [2.05, 4.69) is 16.2 Å². The fourth-order valence-electron chi connectivity index (χ4n) is 3.07. The quantitative estimate of drug-likeness (QED) is 0.430. The predicted molar refractivity (Wildman–Crippen MR) is 128 cm³/mol. The molecule has 3 N–H and O–H groups in total. The first-order chi connectivity index (χ1) is 15.1. The van der Waals surface area contributed by atoms with Crippen LogP contribution in [0.25, 0.3) is 0 Å². The summed E-state index contributed by atoms with van der Waals surface area (Å²) in [7, 11) is 6.95. The van der Waals surface area contributed by atoms with Crippen LogP contribution in [0.15, 0.2) is 36.4 Å². The van der Waals surface area contributed by atoms with Gasteiger partial charge in [0.05, 0.1) is 11.4 Å². The third kappa shape index (κ3) is 7.14. The zero-order valence-corrected chi connectivity index (χ0v) is 19.9. The summed E-state index contributed by atoms with van der Waals surface area (Å²) >= 11 is 0. The fourth-order valence-corrected chi connectivity index (χ4v) is 3.07. The number of hydrogen-bond donors (Lipinski definition) is 3. The highest BCUT2D eigenvalue weighted by Crippen LogP contribution is 2.28. The van der Waals surface area contributed by atoms with Crippen LogP contribution >= 0.6 is 0 Å². The van der Waals surface area contributed by atoms with Crippen molar-refractivity contribution in [1.82, 2.24) is 20.9 Å². The smallest absolute Gasteiger partial charge is 0.339 e. The highest BCUT2D eigenvalue weighted by Gasteiger charge is 2.21. The minimum Gasteiger partial charge on any atom is -0.470 e. The van der Waals surface area contributed by atoms with Gasteiger partial charge in [-0.1, -0.05) is 25.1 Å². The zero-order valence-electron chi connectivity index (χ0n) is 19.9. The van der Waals surface area contributed by atoms with Crippen LogP contribution in [-0.4, -0.2) is 57.0 Å². The molecule has 0 heterocycles. The molecule has 2 rings (SSSR count). The molecule has 174 valence electrons. The normalized spacial score (nSPS) is 10.8. The summed E-state index contributed by atoms with van der Waals surface area (Å²) in [6.07, 6.45) is 0.767. The Morgan fingerprint density at radius 1 is 0.906 bits per heavy atom. The second kappa shape index (κ2) is 11.4. The number of hydrogen-bond acceptors (Lipinski definition) is 5. The highest BCUT2D eigenvalue weighted by atomic mass is 16.5. The largest absolute Gasteiger partial charge is 0.470 e. The average Bonchev–Trinajstić information content (AvgIpc) is 2.68. The SMILES string of the molecule is CCc1ccc(C)cc1N(COc1ccc(C)cc1NC(=O)NN(C)C)C(=O)NN(C)C. The third-order valence-electron chi connectivity index (χ3n) is 4.53. The molecule has 0 spiro atoms. The Balaban J connectivity index is 2.33. The predicted octanol–water partition coefficient (Wildman–Crippen LogP) is 3.49. The third-order valence-corrected chi connectivity index (χ3v) is 4.53. The van der Waals surface area contributed by atoms with Crippen molar-refractivity contribution in [3.63, 3.8) is 0 Å². The van der Waals surface area contributed by atoms with E-state index >= 15 is 0 Å². The lowest BCUT2D eigenvalue weighted by atomic mass is 10.1. The van der Waals surface area contributed by atoms with Crippen molar-refractivity contribution in [2.24, 2.45) is 0 Å². The Kier molecular flexibility index (Phi) is 8.86. The van der Waals surface area contributed by atoms with Gasteiger partial charge in [-0.25, -0.2) is 19.6 Å². The van der Waals surface area contributed by atoms with E-state index in [-0.39, 0.29) is 18.8 Å². The van der Waals surface area contributed by atoms with Crippen molar-refractivity contribution in [3.05, 3.63) is 53.1 Å². The van der Waals surface area contributed by atoms with Gasteiger partial charge in [0.15, 0.2) is 6.73 Å². The van der Waals surface area contributed by atoms with E-state index in [1.165, 1.54) is 0 Å². The first kappa shape index (κ1) is 25.0. The van der Waals surface area contributed by atoms with Crippen molar-refractivity contribution in [1.29, 1.82) is 0 Å². The Bertz CT molecular complexity index is 945. The summed E-state index contributed by atoms with van der Waals surface area (Å²) in [4.78, 5) is 26.7. The molecule has 32 heavy (non-hydrogen) atoms. The number of benzene rings is 2. The molecule has 2 aromatic rings. The molecule has 2 aromatic carbocycles. The van der Waals surface area contributed by atoms with Gasteiger partial charge >= 0.3 is 12.1 Å². The Labute approximate surface area is 190 Å². The molecule has 0 atom stereocenters. The van der Waals surface area contributed by atoms with Crippen molar-refractivity contribution in [3.8, 4) is 5.75 Å². The number of rotatable bonds is 8. The van der Waals surface area contributed by atoms with Crippen molar-refractivity contribution >= 4 is 23.4 Å². The van der Waals surface area contributed by atoms with Crippen LogP contribution in [0.5, 0.6) is 5.75 Å². The fraction of sp³-hybridized carbons (Fsp3) is 0.391. The molecule has 0 fully saturated rings. The molecule has 0 aliphatic heterocycles. The second-order valence-corrected chi connectivity index (χ2v) is 7.96. The van der Waals surface area contributed by atoms with Crippen LogP contribution in [0.2, 0.25) is 0 Å². The average molecular weight is 443 g/mol. The van der Waals surface area contributed by atoms with Gasteiger partial charge in [0.25, 0.3) is 0 Å². The maximum absolute atomic E-state index is 13.0. The molecule has 0 aliphatic rings. The van der Waals surface area contributed by atoms with Crippen LogP contribution in [0, 0.1) is 13.8 Å². The molecular weight excluding hydrogens is 408 g/mol. The number of amides is 4. The summed E-state index contributed by atoms with van der Waals surface area (Å²) in [6.45, 7) is 5.92. The topological polar surface area (TPSA) is 89.2 Å². The summed E-state index contributed by atoms with van der Waals surface area (Å²) in [5.41, 5.74) is 9.74. The molecular formula is C23H34N6O3. The van der Waals surface area contributed by atoms with Crippen LogP contribution < -0.4 is 25.8 Å². The molecule has 9 nitrogen and oxygen atoms in total. The van der Waals surface area contributed by atoms with Gasteiger partial charge in [0.2, 0.25) is 0 Å². The Morgan fingerprint density at radius 3 is 2.16 bits per heavy atom. The maximum atomic E-state index is 13.0. The summed E-state index contributed by atoms with van der Waals surface area (Å²) < 4.78 is 6.05. The van der Waals surface area contributed by atoms with Gasteiger partial charge in [0.1, 0.15) is 5.75 Å². The van der Waals surface area contributed by atoms with Crippen molar-refractivity contribution in [2.75, 3.05) is 45.1 Å². The molecule has 0 aliphatic carbocycles. The molecule has 9 heteroatoms. The minimum absolute atomic E-state index is 0.0385. The molecule has 4 amide bonds. The van der Waals surface area contributed by atoms with Gasteiger partial charge in [-0.15, -0.1) is 0 Å². The first-order valence-corrected chi connectivity index (χ1v) is 10.4. The van der Waals surface area contributed by atoms with Crippen molar-refractivity contribution < 1.29 is 14.3 Å². The lowest BCUT2D eigenvalue weighted by Crippen LogP contribution is -2.48. The Morgan fingerprint density at radius 2 is 1.53 bits per heavy atom. The number of anilines is 2. The lowest BCUT2D eigenvalue weighted by molar-refractivity contribution is 0.209. The second-order valence-electron chi connectivity index (χ2n) is 7.96. The van der Waals surface area contributed by atoms with E-state index < -0.39 is 0 Å². The van der Waals surface area contributed by atoms with Gasteiger partial charge in [-0.3, -0.25) is 15.8 Å². The van der Waals surface area contributed by atoms with E-state index in [0.29, 0.717) is 11.4 Å². The molecule has 0 bridgehead atoms. The number of carbonyl (C=O) groups excluding carboxylic acids is 2. The number of ether oxygens (including phenoxy) is 1.